The van der Waals surface area contributed by atoms with Gasteiger partial charge in [0.15, 0.2) is 5.69 Å². The molecule has 1 amide bonds. The van der Waals surface area contributed by atoms with Crippen molar-refractivity contribution < 1.29 is 4.79 Å². The number of rotatable bonds is 3. The second-order valence-electron chi connectivity index (χ2n) is 4.06. The van der Waals surface area contributed by atoms with Gasteiger partial charge in [-0.1, -0.05) is 0 Å². The van der Waals surface area contributed by atoms with Crippen molar-refractivity contribution in [2.24, 2.45) is 5.73 Å². The molecular weight excluding hydrogens is 228 g/mol. The van der Waals surface area contributed by atoms with E-state index in [-0.39, 0.29) is 5.69 Å². The second-order valence-corrected chi connectivity index (χ2v) is 4.06. The van der Waals surface area contributed by atoms with E-state index in [2.05, 4.69) is 15.3 Å². The van der Waals surface area contributed by atoms with Gasteiger partial charge in [-0.25, -0.2) is 9.97 Å². The van der Waals surface area contributed by atoms with Crippen LogP contribution in [-0.4, -0.2) is 15.9 Å². The lowest BCUT2D eigenvalue weighted by Crippen LogP contribution is -2.15. The highest BCUT2D eigenvalue weighted by molar-refractivity contribution is 5.96. The molecule has 0 radical (unpaired) electrons. The van der Waals surface area contributed by atoms with Crippen molar-refractivity contribution in [1.82, 2.24) is 9.97 Å². The van der Waals surface area contributed by atoms with Crippen LogP contribution in [-0.2, 0) is 0 Å². The zero-order valence-electron chi connectivity index (χ0n) is 10.3. The van der Waals surface area contributed by atoms with Crippen molar-refractivity contribution in [2.75, 3.05) is 5.32 Å². The smallest absolute Gasteiger partial charge is 0.269 e. The summed E-state index contributed by atoms with van der Waals surface area (Å²) in [6.07, 6.45) is 1.53. The minimum absolute atomic E-state index is 0.207. The van der Waals surface area contributed by atoms with Crippen molar-refractivity contribution >= 4 is 17.4 Å². The van der Waals surface area contributed by atoms with Crippen LogP contribution in [0, 0.1) is 13.8 Å². The Labute approximate surface area is 105 Å². The number of aromatic nitrogens is 2. The highest BCUT2D eigenvalue weighted by Crippen LogP contribution is 2.18. The minimum atomic E-state index is -0.567. The maximum absolute atomic E-state index is 11.2. The third kappa shape index (κ3) is 2.63. The topological polar surface area (TPSA) is 80.9 Å². The van der Waals surface area contributed by atoms with Gasteiger partial charge in [-0.15, -0.1) is 0 Å². The zero-order chi connectivity index (χ0) is 13.1. The standard InChI is InChI=1S/C13H14N4O/c1-8-6-9(2)16-11(7-8)17-10-4-3-5-15-12(10)13(14)18/h3-7H,1-2H3,(H2,14,18)(H,16,17). The summed E-state index contributed by atoms with van der Waals surface area (Å²) in [6, 6.07) is 7.35. The van der Waals surface area contributed by atoms with Gasteiger partial charge in [0.25, 0.3) is 5.91 Å². The number of primary amides is 1. The first-order chi connectivity index (χ1) is 8.56. The Balaban J connectivity index is 2.37. The Hall–Kier alpha value is -2.43. The summed E-state index contributed by atoms with van der Waals surface area (Å²) >= 11 is 0. The molecule has 92 valence electrons. The summed E-state index contributed by atoms with van der Waals surface area (Å²) in [6.45, 7) is 3.90. The van der Waals surface area contributed by atoms with E-state index < -0.39 is 5.91 Å². The molecule has 0 fully saturated rings. The molecule has 0 saturated heterocycles. The summed E-state index contributed by atoms with van der Waals surface area (Å²) in [7, 11) is 0. The summed E-state index contributed by atoms with van der Waals surface area (Å²) in [5.74, 6) is 0.102. The van der Waals surface area contributed by atoms with Gasteiger partial charge < -0.3 is 11.1 Å². The van der Waals surface area contributed by atoms with E-state index in [1.807, 2.05) is 26.0 Å². The number of carbonyl (C=O) groups is 1. The summed E-state index contributed by atoms with van der Waals surface area (Å²) < 4.78 is 0. The van der Waals surface area contributed by atoms with E-state index in [1.165, 1.54) is 6.20 Å². The molecule has 3 N–H and O–H groups in total. The number of nitrogens with zero attached hydrogens (tertiary/aromatic N) is 2. The van der Waals surface area contributed by atoms with Gasteiger partial charge in [0.1, 0.15) is 5.82 Å². The number of pyridine rings is 2. The molecule has 0 saturated carbocycles. The highest BCUT2D eigenvalue weighted by atomic mass is 16.1. The Bertz CT molecular complexity index is 575. The van der Waals surface area contributed by atoms with Crippen molar-refractivity contribution in [3.8, 4) is 0 Å². The lowest BCUT2D eigenvalue weighted by molar-refractivity contribution is 0.0996. The van der Waals surface area contributed by atoms with Crippen LogP contribution in [0.2, 0.25) is 0 Å². The Morgan fingerprint density at radius 1 is 1.33 bits per heavy atom. The number of hydrogen-bond donors (Lipinski definition) is 2. The Morgan fingerprint density at radius 3 is 2.78 bits per heavy atom. The molecule has 0 aliphatic rings. The molecule has 18 heavy (non-hydrogen) atoms. The number of anilines is 2. The van der Waals surface area contributed by atoms with Gasteiger partial charge in [-0.05, 0) is 43.7 Å². The van der Waals surface area contributed by atoms with Crippen LogP contribution in [0.4, 0.5) is 11.5 Å². The van der Waals surface area contributed by atoms with Crippen LogP contribution in [0.1, 0.15) is 21.7 Å². The predicted octanol–water partition coefficient (Wildman–Crippen LogP) is 1.94. The van der Waals surface area contributed by atoms with Crippen molar-refractivity contribution in [2.45, 2.75) is 13.8 Å². The number of carbonyl (C=O) groups excluding carboxylic acids is 1. The number of nitrogens with two attached hydrogens (primary N) is 1. The fourth-order valence-electron chi connectivity index (χ4n) is 1.75. The number of amides is 1. The number of hydrogen-bond acceptors (Lipinski definition) is 4. The first kappa shape index (κ1) is 12.0. The van der Waals surface area contributed by atoms with E-state index in [1.54, 1.807) is 12.1 Å². The van der Waals surface area contributed by atoms with Gasteiger partial charge in [-0.2, -0.15) is 0 Å². The molecule has 5 heteroatoms. The summed E-state index contributed by atoms with van der Waals surface area (Å²) in [5, 5.41) is 3.06. The quantitative estimate of drug-likeness (QED) is 0.861. The van der Waals surface area contributed by atoms with Gasteiger partial charge in [0.05, 0.1) is 5.69 Å². The van der Waals surface area contributed by atoms with Gasteiger partial charge in [-0.3, -0.25) is 4.79 Å². The van der Waals surface area contributed by atoms with Gasteiger partial charge in [0, 0.05) is 11.9 Å². The summed E-state index contributed by atoms with van der Waals surface area (Å²) in [5.41, 5.74) is 8.03. The Morgan fingerprint density at radius 2 is 2.11 bits per heavy atom. The molecule has 0 aliphatic carbocycles. The van der Waals surface area contributed by atoms with E-state index in [4.69, 9.17) is 5.73 Å². The van der Waals surface area contributed by atoms with Gasteiger partial charge in [0.2, 0.25) is 0 Å². The molecule has 2 aromatic rings. The largest absolute Gasteiger partial charge is 0.364 e. The third-order valence-electron chi connectivity index (χ3n) is 2.40. The van der Waals surface area contributed by atoms with Gasteiger partial charge >= 0.3 is 0 Å². The number of nitrogens with one attached hydrogen (secondary N) is 1. The molecule has 2 rings (SSSR count). The van der Waals surface area contributed by atoms with E-state index in [9.17, 15) is 4.79 Å². The van der Waals surface area contributed by atoms with E-state index in [0.29, 0.717) is 11.5 Å². The molecule has 5 nitrogen and oxygen atoms in total. The van der Waals surface area contributed by atoms with Crippen molar-refractivity contribution in [3.05, 3.63) is 47.4 Å². The van der Waals surface area contributed by atoms with Crippen LogP contribution >= 0.6 is 0 Å². The highest BCUT2D eigenvalue weighted by Gasteiger charge is 2.09. The SMILES string of the molecule is Cc1cc(C)nc(Nc2cccnc2C(N)=O)c1. The molecule has 0 aliphatic heterocycles. The van der Waals surface area contributed by atoms with E-state index >= 15 is 0 Å². The maximum Gasteiger partial charge on any atom is 0.269 e. The predicted molar refractivity (Wildman–Crippen MR) is 69.7 cm³/mol. The molecule has 0 spiro atoms. The zero-order valence-corrected chi connectivity index (χ0v) is 10.3. The molecule has 0 bridgehead atoms. The third-order valence-corrected chi connectivity index (χ3v) is 2.40. The Kier molecular flexibility index (Phi) is 3.23. The average molecular weight is 242 g/mol. The average Bonchev–Trinajstić information content (AvgIpc) is 2.27. The fourth-order valence-corrected chi connectivity index (χ4v) is 1.75. The molecule has 2 aromatic heterocycles. The first-order valence-electron chi connectivity index (χ1n) is 5.53. The van der Waals surface area contributed by atoms with Crippen LogP contribution in [0.5, 0.6) is 0 Å². The van der Waals surface area contributed by atoms with Crippen LogP contribution in [0.3, 0.4) is 0 Å². The van der Waals surface area contributed by atoms with Crippen LogP contribution < -0.4 is 11.1 Å². The van der Waals surface area contributed by atoms with Crippen molar-refractivity contribution in [3.63, 3.8) is 0 Å². The molecule has 0 unspecified atom stereocenters. The number of aryl methyl sites for hydroxylation is 2. The van der Waals surface area contributed by atoms with E-state index in [0.717, 1.165) is 11.3 Å². The lowest BCUT2D eigenvalue weighted by Gasteiger charge is -2.09. The summed E-state index contributed by atoms with van der Waals surface area (Å²) in [4.78, 5) is 19.5. The van der Waals surface area contributed by atoms with Crippen molar-refractivity contribution in [1.29, 1.82) is 0 Å². The first-order valence-corrected chi connectivity index (χ1v) is 5.53. The maximum atomic E-state index is 11.2. The normalized spacial score (nSPS) is 10.1. The van der Waals surface area contributed by atoms with Crippen LogP contribution in [0.15, 0.2) is 30.5 Å². The molecule has 0 aromatic carbocycles. The second kappa shape index (κ2) is 4.83. The molecular formula is C13H14N4O. The molecule has 2 heterocycles. The molecule has 0 atom stereocenters. The minimum Gasteiger partial charge on any atom is -0.364 e. The monoisotopic (exact) mass is 242 g/mol. The van der Waals surface area contributed by atoms with Crippen LogP contribution in [0.25, 0.3) is 0 Å². The lowest BCUT2D eigenvalue weighted by atomic mass is 10.2. The fraction of sp³-hybridized carbons (Fsp3) is 0.154.